The number of likely N-dealkylation sites (N-methyl/N-ethyl adjacent to an activating group) is 1. The molecule has 8 heteroatoms. The zero-order valence-corrected chi connectivity index (χ0v) is 12.4. The van der Waals surface area contributed by atoms with Gasteiger partial charge in [0, 0.05) is 13.1 Å². The van der Waals surface area contributed by atoms with E-state index in [2.05, 4.69) is 10.6 Å². The standard InChI is InChI=1S/C16H13F3N2O3/c1-20-16(24)14(8-2-5-11(17)13(19)6-8)21-15(23)10-4-3-9(22)7-12(10)18/h2-7,14,22H,1H3,(H,20,24)(H,21,23). The molecule has 0 fully saturated rings. The Morgan fingerprint density at radius 3 is 2.29 bits per heavy atom. The molecule has 2 amide bonds. The van der Waals surface area contributed by atoms with E-state index in [0.717, 1.165) is 36.4 Å². The molecule has 0 aromatic heterocycles. The van der Waals surface area contributed by atoms with Crippen LogP contribution in [0.15, 0.2) is 36.4 Å². The lowest BCUT2D eigenvalue weighted by atomic mass is 10.0. The first-order valence-electron chi connectivity index (χ1n) is 6.79. The monoisotopic (exact) mass is 338 g/mol. The fourth-order valence-electron chi connectivity index (χ4n) is 2.03. The fourth-order valence-corrected chi connectivity index (χ4v) is 2.03. The molecule has 0 aliphatic rings. The quantitative estimate of drug-likeness (QED) is 0.798. The molecule has 24 heavy (non-hydrogen) atoms. The number of amides is 2. The van der Waals surface area contributed by atoms with Gasteiger partial charge in [0.25, 0.3) is 5.91 Å². The second kappa shape index (κ2) is 7.03. The zero-order chi connectivity index (χ0) is 17.9. The third-order valence-electron chi connectivity index (χ3n) is 3.26. The van der Waals surface area contributed by atoms with E-state index in [1.54, 1.807) is 0 Å². The van der Waals surface area contributed by atoms with Crippen LogP contribution < -0.4 is 10.6 Å². The van der Waals surface area contributed by atoms with Gasteiger partial charge in [0.2, 0.25) is 5.91 Å². The summed E-state index contributed by atoms with van der Waals surface area (Å²) in [4.78, 5) is 24.1. The number of hydrogen-bond acceptors (Lipinski definition) is 3. The molecule has 0 aliphatic heterocycles. The van der Waals surface area contributed by atoms with Crippen LogP contribution in [0.1, 0.15) is 22.0 Å². The van der Waals surface area contributed by atoms with Crippen LogP contribution in [0.3, 0.4) is 0 Å². The van der Waals surface area contributed by atoms with Gasteiger partial charge in [-0.3, -0.25) is 9.59 Å². The first-order valence-corrected chi connectivity index (χ1v) is 6.79. The Labute approximate surface area is 135 Å². The topological polar surface area (TPSA) is 78.4 Å². The molecule has 126 valence electrons. The van der Waals surface area contributed by atoms with Crippen molar-refractivity contribution in [1.29, 1.82) is 0 Å². The SMILES string of the molecule is CNC(=O)C(NC(=O)c1ccc(O)cc1F)c1ccc(F)c(F)c1. The molecular weight excluding hydrogens is 325 g/mol. The van der Waals surface area contributed by atoms with E-state index in [1.807, 2.05) is 0 Å². The van der Waals surface area contributed by atoms with E-state index in [-0.39, 0.29) is 11.3 Å². The average molecular weight is 338 g/mol. The summed E-state index contributed by atoms with van der Waals surface area (Å²) < 4.78 is 40.1. The minimum atomic E-state index is -1.36. The number of phenolic OH excluding ortho intramolecular Hbond substituents is 1. The highest BCUT2D eigenvalue weighted by Crippen LogP contribution is 2.19. The highest BCUT2D eigenvalue weighted by molar-refractivity contribution is 5.98. The van der Waals surface area contributed by atoms with Gasteiger partial charge in [-0.25, -0.2) is 13.2 Å². The third-order valence-corrected chi connectivity index (χ3v) is 3.26. The van der Waals surface area contributed by atoms with Crippen molar-refractivity contribution < 1.29 is 27.9 Å². The molecule has 0 aliphatic carbocycles. The van der Waals surface area contributed by atoms with E-state index in [0.29, 0.717) is 0 Å². The molecular formula is C16H13F3N2O3. The Bertz CT molecular complexity index is 796. The molecule has 1 atom stereocenters. The summed E-state index contributed by atoms with van der Waals surface area (Å²) >= 11 is 0. The van der Waals surface area contributed by atoms with Crippen molar-refractivity contribution in [3.63, 3.8) is 0 Å². The van der Waals surface area contributed by atoms with Gasteiger partial charge in [-0.05, 0) is 29.8 Å². The van der Waals surface area contributed by atoms with Gasteiger partial charge < -0.3 is 15.7 Å². The van der Waals surface area contributed by atoms with Gasteiger partial charge in [-0.2, -0.15) is 0 Å². The second-order valence-corrected chi connectivity index (χ2v) is 4.86. The van der Waals surface area contributed by atoms with Crippen LogP contribution in [0.5, 0.6) is 5.75 Å². The number of rotatable bonds is 4. The maximum absolute atomic E-state index is 13.7. The molecule has 0 saturated heterocycles. The molecule has 0 saturated carbocycles. The van der Waals surface area contributed by atoms with Gasteiger partial charge in [0.15, 0.2) is 11.6 Å². The number of aromatic hydroxyl groups is 1. The predicted octanol–water partition coefficient (Wildman–Crippen LogP) is 2.03. The average Bonchev–Trinajstić information content (AvgIpc) is 2.54. The molecule has 0 heterocycles. The fraction of sp³-hybridized carbons (Fsp3) is 0.125. The van der Waals surface area contributed by atoms with Crippen molar-refractivity contribution in [2.75, 3.05) is 7.05 Å². The summed E-state index contributed by atoms with van der Waals surface area (Å²) in [7, 11) is 1.29. The normalized spacial score (nSPS) is 11.7. The third kappa shape index (κ3) is 3.65. The molecule has 2 rings (SSSR count). The van der Waals surface area contributed by atoms with Gasteiger partial charge in [-0.15, -0.1) is 0 Å². The van der Waals surface area contributed by atoms with Crippen LogP contribution in [0.4, 0.5) is 13.2 Å². The summed E-state index contributed by atoms with van der Waals surface area (Å²) in [5.41, 5.74) is -0.426. The maximum Gasteiger partial charge on any atom is 0.255 e. The Kier molecular flexibility index (Phi) is 5.08. The molecule has 2 aromatic carbocycles. The number of halogens is 3. The predicted molar refractivity (Wildman–Crippen MR) is 78.7 cm³/mol. The van der Waals surface area contributed by atoms with E-state index in [9.17, 15) is 22.8 Å². The van der Waals surface area contributed by atoms with Crippen molar-refractivity contribution in [2.45, 2.75) is 6.04 Å². The molecule has 0 bridgehead atoms. The molecule has 3 N–H and O–H groups in total. The largest absolute Gasteiger partial charge is 0.508 e. The molecule has 0 spiro atoms. The zero-order valence-electron chi connectivity index (χ0n) is 12.4. The molecule has 0 radical (unpaired) electrons. The maximum atomic E-state index is 13.7. The summed E-state index contributed by atoms with van der Waals surface area (Å²) in [6, 6.07) is 4.23. The minimum absolute atomic E-state index is 0.0132. The van der Waals surface area contributed by atoms with Crippen molar-refractivity contribution in [3.05, 3.63) is 65.0 Å². The molecule has 5 nitrogen and oxygen atoms in total. The highest BCUT2D eigenvalue weighted by Gasteiger charge is 2.24. The van der Waals surface area contributed by atoms with Crippen LogP contribution in [-0.4, -0.2) is 24.0 Å². The van der Waals surface area contributed by atoms with E-state index in [4.69, 9.17) is 5.11 Å². The Morgan fingerprint density at radius 1 is 1.00 bits per heavy atom. The number of carbonyl (C=O) groups excluding carboxylic acids is 2. The minimum Gasteiger partial charge on any atom is -0.508 e. The lowest BCUT2D eigenvalue weighted by Crippen LogP contribution is -2.39. The number of benzene rings is 2. The summed E-state index contributed by atoms with van der Waals surface area (Å²) in [6.45, 7) is 0. The van der Waals surface area contributed by atoms with Gasteiger partial charge >= 0.3 is 0 Å². The van der Waals surface area contributed by atoms with Crippen molar-refractivity contribution >= 4 is 11.8 Å². The number of carbonyl (C=O) groups is 2. The smallest absolute Gasteiger partial charge is 0.255 e. The van der Waals surface area contributed by atoms with Crippen LogP contribution >= 0.6 is 0 Å². The first-order chi connectivity index (χ1) is 11.3. The van der Waals surface area contributed by atoms with Crippen LogP contribution in [0.25, 0.3) is 0 Å². The van der Waals surface area contributed by atoms with Crippen molar-refractivity contribution in [2.24, 2.45) is 0 Å². The van der Waals surface area contributed by atoms with Gasteiger partial charge in [-0.1, -0.05) is 6.07 Å². The summed E-state index contributed by atoms with van der Waals surface area (Å²) in [5.74, 6) is -5.31. The number of hydrogen-bond donors (Lipinski definition) is 3. The van der Waals surface area contributed by atoms with Crippen LogP contribution in [0.2, 0.25) is 0 Å². The van der Waals surface area contributed by atoms with E-state index >= 15 is 0 Å². The van der Waals surface area contributed by atoms with Crippen molar-refractivity contribution in [3.8, 4) is 5.75 Å². The van der Waals surface area contributed by atoms with Crippen molar-refractivity contribution in [1.82, 2.24) is 10.6 Å². The number of phenols is 1. The van der Waals surface area contributed by atoms with Gasteiger partial charge in [0.1, 0.15) is 17.6 Å². The molecule has 2 aromatic rings. The highest BCUT2D eigenvalue weighted by atomic mass is 19.2. The van der Waals surface area contributed by atoms with E-state index < -0.39 is 40.9 Å². The summed E-state index contributed by atoms with van der Waals surface area (Å²) in [6.07, 6.45) is 0. The van der Waals surface area contributed by atoms with Crippen LogP contribution in [0, 0.1) is 17.5 Å². The Hall–Kier alpha value is -3.03. The lowest BCUT2D eigenvalue weighted by molar-refractivity contribution is -0.122. The lowest BCUT2D eigenvalue weighted by Gasteiger charge is -2.18. The Balaban J connectivity index is 2.33. The first kappa shape index (κ1) is 17.3. The number of nitrogens with one attached hydrogen (secondary N) is 2. The van der Waals surface area contributed by atoms with Crippen LogP contribution in [-0.2, 0) is 4.79 Å². The summed E-state index contributed by atoms with van der Waals surface area (Å²) in [5, 5.41) is 13.7. The van der Waals surface area contributed by atoms with Gasteiger partial charge in [0.05, 0.1) is 5.56 Å². The van der Waals surface area contributed by atoms with E-state index in [1.165, 1.54) is 7.05 Å². The second-order valence-electron chi connectivity index (χ2n) is 4.86. The Morgan fingerprint density at radius 2 is 1.71 bits per heavy atom. The molecule has 1 unspecified atom stereocenters.